The van der Waals surface area contributed by atoms with Crippen molar-refractivity contribution < 1.29 is 14.3 Å². The Kier molecular flexibility index (Phi) is 5.42. The van der Waals surface area contributed by atoms with E-state index in [0.29, 0.717) is 19.8 Å². The average molecular weight is 344 g/mol. The van der Waals surface area contributed by atoms with Gasteiger partial charge in [0.05, 0.1) is 25.8 Å². The van der Waals surface area contributed by atoms with Crippen molar-refractivity contribution in [1.29, 1.82) is 0 Å². The zero-order chi connectivity index (χ0) is 17.6. The molecule has 0 fully saturated rings. The molecule has 2 heterocycles. The number of amides is 2. The van der Waals surface area contributed by atoms with Gasteiger partial charge < -0.3 is 20.1 Å². The van der Waals surface area contributed by atoms with Gasteiger partial charge in [-0.15, -0.1) is 0 Å². The highest BCUT2D eigenvalue weighted by atomic mass is 16.5. The van der Waals surface area contributed by atoms with E-state index in [1.807, 2.05) is 44.3 Å². The Hall–Kier alpha value is -2.70. The SMILES string of the molecule is C[C@H](Cn1cccn1)NC(=O)N[C@H](C)c1ccc2c(c1)OCCCO2. The number of nitrogens with one attached hydrogen (secondary N) is 2. The third-order valence-corrected chi connectivity index (χ3v) is 4.02. The van der Waals surface area contributed by atoms with Crippen LogP contribution in [0, 0.1) is 0 Å². The lowest BCUT2D eigenvalue weighted by molar-refractivity contribution is 0.233. The van der Waals surface area contributed by atoms with Gasteiger partial charge in [0.15, 0.2) is 11.5 Å². The number of aromatic nitrogens is 2. The second-order valence-electron chi connectivity index (χ2n) is 6.23. The zero-order valence-electron chi connectivity index (χ0n) is 14.6. The Morgan fingerprint density at radius 1 is 1.24 bits per heavy atom. The molecule has 1 aromatic heterocycles. The van der Waals surface area contributed by atoms with Crippen LogP contribution in [0.15, 0.2) is 36.7 Å². The van der Waals surface area contributed by atoms with Crippen LogP contribution in [0.25, 0.3) is 0 Å². The summed E-state index contributed by atoms with van der Waals surface area (Å²) in [4.78, 5) is 12.2. The Bertz CT molecular complexity index is 702. The van der Waals surface area contributed by atoms with Gasteiger partial charge >= 0.3 is 6.03 Å². The summed E-state index contributed by atoms with van der Waals surface area (Å²) in [5.74, 6) is 1.49. The van der Waals surface area contributed by atoms with Gasteiger partial charge in [-0.1, -0.05) is 6.07 Å². The van der Waals surface area contributed by atoms with Crippen molar-refractivity contribution in [3.63, 3.8) is 0 Å². The maximum atomic E-state index is 12.2. The topological polar surface area (TPSA) is 77.4 Å². The molecule has 1 aliphatic rings. The van der Waals surface area contributed by atoms with Crippen molar-refractivity contribution in [3.8, 4) is 11.5 Å². The van der Waals surface area contributed by atoms with Crippen LogP contribution in [0.5, 0.6) is 11.5 Å². The molecular weight excluding hydrogens is 320 g/mol. The third kappa shape index (κ3) is 4.65. The van der Waals surface area contributed by atoms with Crippen LogP contribution in [0.1, 0.15) is 31.9 Å². The molecule has 0 saturated heterocycles. The second kappa shape index (κ2) is 7.92. The summed E-state index contributed by atoms with van der Waals surface area (Å²) < 4.78 is 13.1. The fourth-order valence-corrected chi connectivity index (χ4v) is 2.73. The van der Waals surface area contributed by atoms with Crippen LogP contribution in [0.2, 0.25) is 0 Å². The van der Waals surface area contributed by atoms with Gasteiger partial charge in [0.2, 0.25) is 0 Å². The molecule has 0 saturated carbocycles. The molecule has 2 aromatic rings. The molecule has 2 amide bonds. The highest BCUT2D eigenvalue weighted by Crippen LogP contribution is 2.32. The first-order valence-electron chi connectivity index (χ1n) is 8.56. The summed E-state index contributed by atoms with van der Waals surface area (Å²) in [6.07, 6.45) is 4.46. The molecule has 7 heteroatoms. The van der Waals surface area contributed by atoms with E-state index in [2.05, 4.69) is 15.7 Å². The number of carbonyl (C=O) groups is 1. The standard InChI is InChI=1S/C18H24N4O3/c1-13(12-22-8-3-7-19-22)20-18(23)21-14(2)15-5-6-16-17(11-15)25-10-4-9-24-16/h3,5-8,11,13-14H,4,9-10,12H2,1-2H3,(H2,20,21,23)/t13-,14-/m1/s1. The molecule has 2 N–H and O–H groups in total. The normalized spacial score (nSPS) is 15.8. The van der Waals surface area contributed by atoms with E-state index in [9.17, 15) is 4.79 Å². The molecule has 2 atom stereocenters. The van der Waals surface area contributed by atoms with Gasteiger partial charge in [-0.05, 0) is 37.6 Å². The lowest BCUT2D eigenvalue weighted by Crippen LogP contribution is -2.43. The molecule has 0 spiro atoms. The van der Waals surface area contributed by atoms with Crippen LogP contribution in [0.3, 0.4) is 0 Å². The molecular formula is C18H24N4O3. The summed E-state index contributed by atoms with van der Waals surface area (Å²) in [6.45, 7) is 5.82. The van der Waals surface area contributed by atoms with Gasteiger partial charge in [0.1, 0.15) is 0 Å². The van der Waals surface area contributed by atoms with Gasteiger partial charge in [-0.25, -0.2) is 4.79 Å². The van der Waals surface area contributed by atoms with Crippen LogP contribution >= 0.6 is 0 Å². The molecule has 3 rings (SSSR count). The fourth-order valence-electron chi connectivity index (χ4n) is 2.73. The summed E-state index contributed by atoms with van der Waals surface area (Å²) >= 11 is 0. The van der Waals surface area contributed by atoms with E-state index in [1.54, 1.807) is 10.9 Å². The Morgan fingerprint density at radius 3 is 2.80 bits per heavy atom. The molecule has 0 bridgehead atoms. The second-order valence-corrected chi connectivity index (χ2v) is 6.23. The van der Waals surface area contributed by atoms with Gasteiger partial charge in [-0.3, -0.25) is 4.68 Å². The number of rotatable bonds is 5. The molecule has 25 heavy (non-hydrogen) atoms. The minimum atomic E-state index is -0.209. The highest BCUT2D eigenvalue weighted by molar-refractivity contribution is 5.74. The smallest absolute Gasteiger partial charge is 0.315 e. The van der Waals surface area contributed by atoms with Crippen LogP contribution < -0.4 is 20.1 Å². The summed E-state index contributed by atoms with van der Waals surface area (Å²) in [6, 6.07) is 7.25. The van der Waals surface area contributed by atoms with E-state index >= 15 is 0 Å². The van der Waals surface area contributed by atoms with Gasteiger partial charge in [0.25, 0.3) is 0 Å². The van der Waals surface area contributed by atoms with Crippen molar-refractivity contribution in [2.45, 2.75) is 38.9 Å². The van der Waals surface area contributed by atoms with E-state index in [4.69, 9.17) is 9.47 Å². The molecule has 1 aliphatic heterocycles. The summed E-state index contributed by atoms with van der Waals surface area (Å²) in [5.41, 5.74) is 0.971. The van der Waals surface area contributed by atoms with Crippen molar-refractivity contribution in [1.82, 2.24) is 20.4 Å². The lowest BCUT2D eigenvalue weighted by atomic mass is 10.1. The van der Waals surface area contributed by atoms with Crippen molar-refractivity contribution in [2.75, 3.05) is 13.2 Å². The first-order valence-corrected chi connectivity index (χ1v) is 8.56. The zero-order valence-corrected chi connectivity index (χ0v) is 14.6. The Labute approximate surface area is 147 Å². The summed E-state index contributed by atoms with van der Waals surface area (Å²) in [7, 11) is 0. The van der Waals surface area contributed by atoms with E-state index in [1.165, 1.54) is 0 Å². The molecule has 0 unspecified atom stereocenters. The monoisotopic (exact) mass is 344 g/mol. The molecule has 1 aromatic carbocycles. The quantitative estimate of drug-likeness (QED) is 0.874. The molecule has 0 radical (unpaired) electrons. The fraction of sp³-hybridized carbons (Fsp3) is 0.444. The number of hydrogen-bond donors (Lipinski definition) is 2. The van der Waals surface area contributed by atoms with Crippen LogP contribution in [0.4, 0.5) is 4.79 Å². The Morgan fingerprint density at radius 2 is 2.04 bits per heavy atom. The molecule has 0 aliphatic carbocycles. The first kappa shape index (κ1) is 17.1. The summed E-state index contributed by atoms with van der Waals surface area (Å²) in [5, 5.41) is 10.0. The number of fused-ring (bicyclic) bond motifs is 1. The van der Waals surface area contributed by atoms with Crippen molar-refractivity contribution in [3.05, 3.63) is 42.2 Å². The van der Waals surface area contributed by atoms with Crippen LogP contribution in [-0.4, -0.2) is 35.1 Å². The number of hydrogen-bond acceptors (Lipinski definition) is 4. The largest absolute Gasteiger partial charge is 0.490 e. The van der Waals surface area contributed by atoms with Crippen LogP contribution in [-0.2, 0) is 6.54 Å². The minimum Gasteiger partial charge on any atom is -0.490 e. The number of carbonyl (C=O) groups excluding carboxylic acids is 1. The molecule has 7 nitrogen and oxygen atoms in total. The average Bonchev–Trinajstić information content (AvgIpc) is 2.96. The van der Waals surface area contributed by atoms with E-state index in [0.717, 1.165) is 23.5 Å². The number of benzene rings is 1. The van der Waals surface area contributed by atoms with Crippen molar-refractivity contribution in [2.24, 2.45) is 0 Å². The maximum Gasteiger partial charge on any atom is 0.315 e. The highest BCUT2D eigenvalue weighted by Gasteiger charge is 2.16. The number of urea groups is 1. The van der Waals surface area contributed by atoms with Crippen molar-refractivity contribution >= 4 is 6.03 Å². The predicted molar refractivity (Wildman–Crippen MR) is 93.8 cm³/mol. The number of nitrogens with zero attached hydrogens (tertiary/aromatic N) is 2. The number of ether oxygens (including phenoxy) is 2. The predicted octanol–water partition coefficient (Wildman–Crippen LogP) is 2.49. The molecule has 134 valence electrons. The van der Waals surface area contributed by atoms with E-state index < -0.39 is 0 Å². The third-order valence-electron chi connectivity index (χ3n) is 4.02. The van der Waals surface area contributed by atoms with Gasteiger partial charge in [0, 0.05) is 24.9 Å². The van der Waals surface area contributed by atoms with Gasteiger partial charge in [-0.2, -0.15) is 5.10 Å². The van der Waals surface area contributed by atoms with E-state index in [-0.39, 0.29) is 18.1 Å². The minimum absolute atomic E-state index is 0.0316. The first-order chi connectivity index (χ1) is 12.1. The lowest BCUT2D eigenvalue weighted by Gasteiger charge is -2.19. The maximum absolute atomic E-state index is 12.2. The Balaban J connectivity index is 1.55.